The molecule has 0 aliphatic heterocycles. The third kappa shape index (κ3) is 1.81. The van der Waals surface area contributed by atoms with Crippen LogP contribution < -0.4 is 5.73 Å². The number of hydrogen-bond donors (Lipinski definition) is 1. The molecule has 2 N–H and O–H groups in total. The molecule has 0 spiro atoms. The summed E-state index contributed by atoms with van der Waals surface area (Å²) in [6.45, 7) is 0. The van der Waals surface area contributed by atoms with Crippen molar-refractivity contribution in [2.24, 2.45) is 11.7 Å². The van der Waals surface area contributed by atoms with Crippen LogP contribution in [0.15, 0.2) is 12.4 Å². The van der Waals surface area contributed by atoms with Crippen LogP contribution in [0.2, 0.25) is 0 Å². The third-order valence-corrected chi connectivity index (χ3v) is 3.84. The minimum absolute atomic E-state index is 0.236. The highest BCUT2D eigenvalue weighted by atomic mass is 15.3. The first-order chi connectivity index (χ1) is 7.34. The molecule has 1 aromatic rings. The highest BCUT2D eigenvalue weighted by Gasteiger charge is 2.30. The second kappa shape index (κ2) is 3.63. The summed E-state index contributed by atoms with van der Waals surface area (Å²) in [6.07, 6.45) is 12.1. The van der Waals surface area contributed by atoms with Gasteiger partial charge in [-0.15, -0.1) is 0 Å². The van der Waals surface area contributed by atoms with Crippen LogP contribution in [0.3, 0.4) is 0 Å². The van der Waals surface area contributed by atoms with Gasteiger partial charge in [-0.3, -0.25) is 4.68 Å². The second-order valence-corrected chi connectivity index (χ2v) is 5.06. The summed E-state index contributed by atoms with van der Waals surface area (Å²) in [5.41, 5.74) is 7.40. The van der Waals surface area contributed by atoms with Gasteiger partial charge in [0.05, 0.1) is 12.2 Å². The van der Waals surface area contributed by atoms with Crippen molar-refractivity contribution < 1.29 is 0 Å². The molecule has 1 heterocycles. The van der Waals surface area contributed by atoms with Crippen molar-refractivity contribution >= 4 is 0 Å². The summed E-state index contributed by atoms with van der Waals surface area (Å²) in [4.78, 5) is 0. The Bertz CT molecular complexity index is 318. The van der Waals surface area contributed by atoms with Crippen molar-refractivity contribution in [2.45, 2.75) is 50.6 Å². The number of nitrogens with two attached hydrogens (primary N) is 1. The fourth-order valence-corrected chi connectivity index (χ4v) is 2.62. The first-order valence-corrected chi connectivity index (χ1v) is 6.14. The lowest BCUT2D eigenvalue weighted by Gasteiger charge is -2.09. The van der Waals surface area contributed by atoms with E-state index in [2.05, 4.69) is 16.0 Å². The smallest absolute Gasteiger partial charge is 0.0537 e. The minimum Gasteiger partial charge on any atom is -0.324 e. The SMILES string of the molecule is NC(c1cnn(C2CCCC2)c1)C1CC1. The van der Waals surface area contributed by atoms with E-state index < -0.39 is 0 Å². The van der Waals surface area contributed by atoms with E-state index in [4.69, 9.17) is 5.73 Å². The summed E-state index contributed by atoms with van der Waals surface area (Å²) < 4.78 is 2.14. The summed E-state index contributed by atoms with van der Waals surface area (Å²) in [5, 5.41) is 4.47. The van der Waals surface area contributed by atoms with Gasteiger partial charge in [0.25, 0.3) is 0 Å². The van der Waals surface area contributed by atoms with E-state index in [9.17, 15) is 0 Å². The van der Waals surface area contributed by atoms with Gasteiger partial charge in [-0.05, 0) is 31.6 Å². The predicted octanol–water partition coefficient (Wildman–Crippen LogP) is 2.41. The van der Waals surface area contributed by atoms with Crippen molar-refractivity contribution in [3.8, 4) is 0 Å². The van der Waals surface area contributed by atoms with Crippen LogP contribution in [-0.4, -0.2) is 9.78 Å². The van der Waals surface area contributed by atoms with Gasteiger partial charge >= 0.3 is 0 Å². The average molecular weight is 205 g/mol. The molecule has 2 saturated carbocycles. The standard InChI is InChI=1S/C12H19N3/c13-12(9-5-6-9)10-7-14-15(8-10)11-3-1-2-4-11/h7-9,11-12H,1-6,13H2. The number of aromatic nitrogens is 2. The quantitative estimate of drug-likeness (QED) is 0.823. The fourth-order valence-electron chi connectivity index (χ4n) is 2.62. The molecular formula is C12H19N3. The summed E-state index contributed by atoms with van der Waals surface area (Å²) in [6, 6.07) is 0.880. The Kier molecular flexibility index (Phi) is 2.28. The molecular weight excluding hydrogens is 186 g/mol. The van der Waals surface area contributed by atoms with Crippen LogP contribution >= 0.6 is 0 Å². The van der Waals surface area contributed by atoms with Gasteiger partial charge in [-0.25, -0.2) is 0 Å². The molecule has 2 aliphatic carbocycles. The molecule has 1 unspecified atom stereocenters. The maximum atomic E-state index is 6.16. The molecule has 3 rings (SSSR count). The Hall–Kier alpha value is -0.830. The van der Waals surface area contributed by atoms with Crippen molar-refractivity contribution in [3.05, 3.63) is 18.0 Å². The summed E-state index contributed by atoms with van der Waals surface area (Å²) >= 11 is 0. The molecule has 2 aliphatic rings. The zero-order valence-corrected chi connectivity index (χ0v) is 9.10. The van der Waals surface area contributed by atoms with Crippen molar-refractivity contribution in [3.63, 3.8) is 0 Å². The Balaban J connectivity index is 1.74. The zero-order valence-electron chi connectivity index (χ0n) is 9.10. The lowest BCUT2D eigenvalue weighted by atomic mass is 10.1. The molecule has 3 heteroatoms. The zero-order chi connectivity index (χ0) is 10.3. The van der Waals surface area contributed by atoms with Gasteiger partial charge in [-0.2, -0.15) is 5.10 Å². The maximum Gasteiger partial charge on any atom is 0.0537 e. The molecule has 3 nitrogen and oxygen atoms in total. The Morgan fingerprint density at radius 3 is 2.67 bits per heavy atom. The molecule has 0 bridgehead atoms. The molecule has 0 radical (unpaired) electrons. The Morgan fingerprint density at radius 1 is 1.27 bits per heavy atom. The Morgan fingerprint density at radius 2 is 2.00 bits per heavy atom. The van der Waals surface area contributed by atoms with Crippen LogP contribution in [0.5, 0.6) is 0 Å². The maximum absolute atomic E-state index is 6.16. The first kappa shape index (κ1) is 9.40. The van der Waals surface area contributed by atoms with E-state index in [0.29, 0.717) is 6.04 Å². The van der Waals surface area contributed by atoms with Crippen molar-refractivity contribution in [1.29, 1.82) is 0 Å². The second-order valence-electron chi connectivity index (χ2n) is 5.06. The van der Waals surface area contributed by atoms with E-state index in [1.54, 1.807) is 0 Å². The lowest BCUT2D eigenvalue weighted by molar-refractivity contribution is 0.466. The number of rotatable bonds is 3. The molecule has 1 atom stereocenters. The Labute approximate surface area is 90.7 Å². The van der Waals surface area contributed by atoms with Crippen LogP contribution in [0.25, 0.3) is 0 Å². The molecule has 0 saturated heterocycles. The van der Waals surface area contributed by atoms with Crippen molar-refractivity contribution in [1.82, 2.24) is 9.78 Å². The predicted molar refractivity (Wildman–Crippen MR) is 59.4 cm³/mol. The van der Waals surface area contributed by atoms with E-state index in [0.717, 1.165) is 5.92 Å². The van der Waals surface area contributed by atoms with Gasteiger partial charge in [0.1, 0.15) is 0 Å². The van der Waals surface area contributed by atoms with E-state index in [1.165, 1.54) is 44.1 Å². The fraction of sp³-hybridized carbons (Fsp3) is 0.750. The summed E-state index contributed by atoms with van der Waals surface area (Å²) in [5.74, 6) is 0.728. The van der Waals surface area contributed by atoms with Gasteiger partial charge < -0.3 is 5.73 Å². The molecule has 0 aromatic carbocycles. The molecule has 1 aromatic heterocycles. The van der Waals surface area contributed by atoms with Crippen LogP contribution in [-0.2, 0) is 0 Å². The number of hydrogen-bond acceptors (Lipinski definition) is 2. The van der Waals surface area contributed by atoms with E-state index >= 15 is 0 Å². The van der Waals surface area contributed by atoms with Gasteiger partial charge in [0.2, 0.25) is 0 Å². The largest absolute Gasteiger partial charge is 0.324 e. The number of nitrogens with zero attached hydrogens (tertiary/aromatic N) is 2. The lowest BCUT2D eigenvalue weighted by Crippen LogP contribution is -2.11. The first-order valence-electron chi connectivity index (χ1n) is 6.14. The van der Waals surface area contributed by atoms with E-state index in [-0.39, 0.29) is 6.04 Å². The van der Waals surface area contributed by atoms with Gasteiger partial charge in [-0.1, -0.05) is 12.8 Å². The highest BCUT2D eigenvalue weighted by Crippen LogP contribution is 2.39. The normalized spacial score (nSPS) is 24.6. The monoisotopic (exact) mass is 205 g/mol. The topological polar surface area (TPSA) is 43.8 Å². The molecule has 0 amide bonds. The third-order valence-electron chi connectivity index (χ3n) is 3.84. The van der Waals surface area contributed by atoms with Crippen LogP contribution in [0.1, 0.15) is 56.2 Å². The van der Waals surface area contributed by atoms with E-state index in [1.807, 2.05) is 6.20 Å². The molecule has 2 fully saturated rings. The van der Waals surface area contributed by atoms with Crippen molar-refractivity contribution in [2.75, 3.05) is 0 Å². The van der Waals surface area contributed by atoms with Crippen LogP contribution in [0, 0.1) is 5.92 Å². The average Bonchev–Trinajstić information content (AvgIpc) is 2.80. The van der Waals surface area contributed by atoms with Gasteiger partial charge in [0.15, 0.2) is 0 Å². The van der Waals surface area contributed by atoms with Crippen LogP contribution in [0.4, 0.5) is 0 Å². The summed E-state index contributed by atoms with van der Waals surface area (Å²) in [7, 11) is 0. The van der Waals surface area contributed by atoms with Gasteiger partial charge in [0, 0.05) is 17.8 Å². The molecule has 15 heavy (non-hydrogen) atoms. The minimum atomic E-state index is 0.236. The molecule has 82 valence electrons. The highest BCUT2D eigenvalue weighted by molar-refractivity contribution is 5.13.